The zero-order chi connectivity index (χ0) is 34.1. The average Bonchev–Trinajstić information content (AvgIpc) is 3.02. The molecule has 4 rings (SSSR count). The van der Waals surface area contributed by atoms with E-state index in [2.05, 4.69) is 11.1 Å². The van der Waals surface area contributed by atoms with E-state index in [1.54, 1.807) is 30.3 Å². The lowest BCUT2D eigenvalue weighted by atomic mass is 9.91. The topological polar surface area (TPSA) is 160 Å². The van der Waals surface area contributed by atoms with Crippen LogP contribution in [-0.4, -0.2) is 66.0 Å². The SMILES string of the molecule is CC(=O)OC[C@H]1O[C@@H](Cc2cc(-c3ccc(OCc4ccccc4)cc3)c(C#N)c(Cl)n2)[C@H](OC(C)=O)[C@@H](OC(C)=O)[C@@H]1OC(C)=O. The summed E-state index contributed by atoms with van der Waals surface area (Å²) in [6.07, 6.45) is -6.09. The Morgan fingerprint density at radius 1 is 0.830 bits per heavy atom. The number of ether oxygens (including phenoxy) is 6. The van der Waals surface area contributed by atoms with Crippen LogP contribution in [0.4, 0.5) is 0 Å². The predicted octanol–water partition coefficient (Wildman–Crippen LogP) is 4.52. The van der Waals surface area contributed by atoms with Crippen LogP contribution in [0.1, 0.15) is 44.5 Å². The molecular formula is C34H33ClN2O10. The summed E-state index contributed by atoms with van der Waals surface area (Å²) < 4.78 is 33.8. The fourth-order valence-corrected chi connectivity index (χ4v) is 5.42. The van der Waals surface area contributed by atoms with Gasteiger partial charge in [-0.15, -0.1) is 0 Å². The van der Waals surface area contributed by atoms with Crippen molar-refractivity contribution in [3.8, 4) is 22.9 Å². The highest BCUT2D eigenvalue weighted by Crippen LogP contribution is 2.34. The van der Waals surface area contributed by atoms with Crippen LogP contribution in [0.5, 0.6) is 5.75 Å². The van der Waals surface area contributed by atoms with E-state index in [1.165, 1.54) is 6.92 Å². The van der Waals surface area contributed by atoms with Gasteiger partial charge in [0.05, 0.1) is 5.56 Å². The van der Waals surface area contributed by atoms with Crippen LogP contribution >= 0.6 is 11.6 Å². The van der Waals surface area contributed by atoms with E-state index in [9.17, 15) is 24.4 Å². The van der Waals surface area contributed by atoms with E-state index < -0.39 is 54.4 Å². The Morgan fingerprint density at radius 3 is 2.00 bits per heavy atom. The normalized spacial score (nSPS) is 20.3. The molecule has 12 nitrogen and oxygen atoms in total. The van der Waals surface area contributed by atoms with Gasteiger partial charge in [0.2, 0.25) is 0 Å². The second kappa shape index (κ2) is 16.0. The van der Waals surface area contributed by atoms with Gasteiger partial charge in [-0.2, -0.15) is 5.26 Å². The number of nitrogens with zero attached hydrogens (tertiary/aromatic N) is 2. The molecule has 0 N–H and O–H groups in total. The number of halogens is 1. The number of pyridine rings is 1. The third-order valence-electron chi connectivity index (χ3n) is 7.05. The van der Waals surface area contributed by atoms with Gasteiger partial charge in [0.1, 0.15) is 42.4 Å². The molecule has 0 saturated carbocycles. The summed E-state index contributed by atoms with van der Waals surface area (Å²) in [7, 11) is 0. The monoisotopic (exact) mass is 664 g/mol. The molecule has 13 heteroatoms. The van der Waals surface area contributed by atoms with Crippen molar-refractivity contribution < 1.29 is 47.6 Å². The molecule has 3 aromatic rings. The molecule has 5 atom stereocenters. The number of benzene rings is 2. The molecule has 1 fully saturated rings. The van der Waals surface area contributed by atoms with Crippen LogP contribution in [0.3, 0.4) is 0 Å². The minimum absolute atomic E-state index is 0.0597. The highest BCUT2D eigenvalue weighted by Gasteiger charge is 2.52. The Kier molecular flexibility index (Phi) is 11.9. The molecule has 1 aliphatic rings. The molecule has 1 aliphatic heterocycles. The lowest BCUT2D eigenvalue weighted by Crippen LogP contribution is -2.62. The Balaban J connectivity index is 1.67. The van der Waals surface area contributed by atoms with E-state index in [-0.39, 0.29) is 23.7 Å². The summed E-state index contributed by atoms with van der Waals surface area (Å²) in [4.78, 5) is 52.5. The summed E-state index contributed by atoms with van der Waals surface area (Å²) in [5.41, 5.74) is 2.61. The third-order valence-corrected chi connectivity index (χ3v) is 7.32. The molecular weight excluding hydrogens is 632 g/mol. The first-order chi connectivity index (χ1) is 22.4. The Hall–Kier alpha value is -4.99. The van der Waals surface area contributed by atoms with Crippen molar-refractivity contribution in [2.45, 2.75) is 71.2 Å². The van der Waals surface area contributed by atoms with E-state index in [1.807, 2.05) is 30.3 Å². The Morgan fingerprint density at radius 2 is 1.43 bits per heavy atom. The second-order valence-electron chi connectivity index (χ2n) is 10.7. The average molecular weight is 665 g/mol. The predicted molar refractivity (Wildman–Crippen MR) is 166 cm³/mol. The van der Waals surface area contributed by atoms with E-state index >= 15 is 0 Å². The van der Waals surface area contributed by atoms with Crippen molar-refractivity contribution in [3.05, 3.63) is 82.6 Å². The van der Waals surface area contributed by atoms with Crippen LogP contribution in [0, 0.1) is 11.3 Å². The van der Waals surface area contributed by atoms with Gasteiger partial charge in [0, 0.05) is 45.4 Å². The smallest absolute Gasteiger partial charge is 0.303 e. The highest BCUT2D eigenvalue weighted by atomic mass is 35.5. The number of nitriles is 1. The number of esters is 4. The molecule has 0 aliphatic carbocycles. The van der Waals surface area contributed by atoms with Crippen molar-refractivity contribution in [2.75, 3.05) is 6.61 Å². The molecule has 246 valence electrons. The van der Waals surface area contributed by atoms with Gasteiger partial charge in [-0.1, -0.05) is 54.1 Å². The largest absolute Gasteiger partial charge is 0.489 e. The first-order valence-corrected chi connectivity index (χ1v) is 15.0. The summed E-state index contributed by atoms with van der Waals surface area (Å²) in [5.74, 6) is -2.20. The first-order valence-electron chi connectivity index (χ1n) is 14.6. The number of hydrogen-bond donors (Lipinski definition) is 0. The van der Waals surface area contributed by atoms with Gasteiger partial charge in [0.15, 0.2) is 18.3 Å². The van der Waals surface area contributed by atoms with Crippen LogP contribution < -0.4 is 4.74 Å². The summed E-state index contributed by atoms with van der Waals surface area (Å²) in [6, 6.07) is 20.6. The fraction of sp³-hybridized carbons (Fsp3) is 0.353. The van der Waals surface area contributed by atoms with Crippen LogP contribution in [0.25, 0.3) is 11.1 Å². The van der Waals surface area contributed by atoms with Gasteiger partial charge < -0.3 is 28.4 Å². The molecule has 1 saturated heterocycles. The van der Waals surface area contributed by atoms with Gasteiger partial charge in [-0.05, 0) is 29.3 Å². The molecule has 0 bridgehead atoms. The third kappa shape index (κ3) is 9.51. The molecule has 0 amide bonds. The quantitative estimate of drug-likeness (QED) is 0.160. The summed E-state index contributed by atoms with van der Waals surface area (Å²) in [6.45, 7) is 4.67. The lowest BCUT2D eigenvalue weighted by Gasteiger charge is -2.44. The minimum atomic E-state index is -1.32. The number of carbonyl (C=O) groups excluding carboxylic acids is 4. The molecule has 47 heavy (non-hydrogen) atoms. The fourth-order valence-electron chi connectivity index (χ4n) is 5.16. The van der Waals surface area contributed by atoms with Gasteiger partial charge in [-0.25, -0.2) is 4.98 Å². The summed E-state index contributed by atoms with van der Waals surface area (Å²) >= 11 is 6.49. The molecule has 0 unspecified atom stereocenters. The van der Waals surface area contributed by atoms with Gasteiger partial charge in [0.25, 0.3) is 0 Å². The van der Waals surface area contributed by atoms with E-state index in [4.69, 9.17) is 40.0 Å². The minimum Gasteiger partial charge on any atom is -0.489 e. The Labute approximate surface area is 276 Å². The molecule has 0 radical (unpaired) electrons. The molecule has 0 spiro atoms. The van der Waals surface area contributed by atoms with Crippen molar-refractivity contribution >= 4 is 35.5 Å². The van der Waals surface area contributed by atoms with Crippen LogP contribution in [0.2, 0.25) is 5.15 Å². The second-order valence-corrected chi connectivity index (χ2v) is 11.0. The zero-order valence-corrected chi connectivity index (χ0v) is 26.9. The maximum absolute atomic E-state index is 12.2. The highest BCUT2D eigenvalue weighted by molar-refractivity contribution is 6.31. The zero-order valence-electron chi connectivity index (χ0n) is 26.1. The van der Waals surface area contributed by atoms with Crippen molar-refractivity contribution in [1.82, 2.24) is 4.98 Å². The van der Waals surface area contributed by atoms with E-state index in [0.29, 0.717) is 29.2 Å². The number of aromatic nitrogens is 1. The maximum Gasteiger partial charge on any atom is 0.303 e. The van der Waals surface area contributed by atoms with E-state index in [0.717, 1.165) is 26.3 Å². The number of hydrogen-bond acceptors (Lipinski definition) is 12. The van der Waals surface area contributed by atoms with Crippen molar-refractivity contribution in [2.24, 2.45) is 0 Å². The number of rotatable bonds is 11. The van der Waals surface area contributed by atoms with Gasteiger partial charge in [-0.3, -0.25) is 19.2 Å². The molecule has 2 aromatic carbocycles. The molecule has 1 aromatic heterocycles. The van der Waals surface area contributed by atoms with Crippen LogP contribution in [-0.2, 0) is 55.9 Å². The standard InChI is InChI=1S/C34H33ClN2O10/c1-19(38)42-18-30-32(45-21(3)40)33(46-22(4)41)31(44-20(2)39)29(47-30)15-25-14-27(28(16-36)34(35)37-25)24-10-12-26(13-11-24)43-17-23-8-6-5-7-9-23/h5-14,29-33H,15,17-18H2,1-4H3/t29-,30+,31-,32+,33+/m0/s1. The van der Waals surface area contributed by atoms with Crippen molar-refractivity contribution in [3.63, 3.8) is 0 Å². The maximum atomic E-state index is 12.2. The summed E-state index contributed by atoms with van der Waals surface area (Å²) in [5, 5.41) is 9.85. The van der Waals surface area contributed by atoms with Crippen LogP contribution in [0.15, 0.2) is 60.7 Å². The lowest BCUT2D eigenvalue weighted by molar-refractivity contribution is -0.252. The Bertz CT molecular complexity index is 1640. The first kappa shape index (κ1) is 34.9. The molecule has 2 heterocycles. The van der Waals surface area contributed by atoms with Gasteiger partial charge >= 0.3 is 23.9 Å². The number of carbonyl (C=O) groups is 4. The van der Waals surface area contributed by atoms with Crippen molar-refractivity contribution in [1.29, 1.82) is 5.26 Å².